The van der Waals surface area contributed by atoms with Crippen LogP contribution in [0.1, 0.15) is 46.8 Å². The fraction of sp³-hybridized carbons (Fsp3) is 0.450. The molecule has 8 heteroatoms. The van der Waals surface area contributed by atoms with Crippen LogP contribution >= 0.6 is 24.0 Å². The maximum Gasteiger partial charge on any atom is 0.251 e. The van der Waals surface area contributed by atoms with Crippen molar-refractivity contribution in [2.24, 2.45) is 4.99 Å². The van der Waals surface area contributed by atoms with Crippen LogP contribution in [0.2, 0.25) is 0 Å². The van der Waals surface area contributed by atoms with Gasteiger partial charge in [0, 0.05) is 44.2 Å². The largest absolute Gasteiger partial charge is 0.361 e. The second-order valence-electron chi connectivity index (χ2n) is 6.22. The molecule has 1 aromatic carbocycles. The van der Waals surface area contributed by atoms with Crippen LogP contribution in [0.3, 0.4) is 0 Å². The fourth-order valence-corrected chi connectivity index (χ4v) is 2.78. The zero-order chi connectivity index (χ0) is 19.6. The fourth-order valence-electron chi connectivity index (χ4n) is 2.78. The number of nitrogens with zero attached hydrogens (tertiary/aromatic N) is 2. The van der Waals surface area contributed by atoms with Crippen molar-refractivity contribution >= 4 is 35.8 Å². The molecule has 7 nitrogen and oxygen atoms in total. The number of aryl methyl sites for hydroxylation is 3. The molecule has 2 aromatic rings. The average molecular weight is 499 g/mol. The van der Waals surface area contributed by atoms with E-state index in [2.05, 4.69) is 33.0 Å². The molecule has 1 aromatic heterocycles. The zero-order valence-electron chi connectivity index (χ0n) is 17.0. The number of amides is 1. The molecule has 0 saturated heterocycles. The molecular weight excluding hydrogens is 469 g/mol. The predicted octanol–water partition coefficient (Wildman–Crippen LogP) is 2.82. The van der Waals surface area contributed by atoms with E-state index in [0.717, 1.165) is 35.4 Å². The Morgan fingerprint density at radius 3 is 2.54 bits per heavy atom. The minimum atomic E-state index is -0.0758. The minimum Gasteiger partial charge on any atom is -0.361 e. The van der Waals surface area contributed by atoms with Gasteiger partial charge in [-0.2, -0.15) is 0 Å². The van der Waals surface area contributed by atoms with E-state index in [0.29, 0.717) is 31.2 Å². The molecule has 154 valence electrons. The van der Waals surface area contributed by atoms with Gasteiger partial charge in [0.25, 0.3) is 5.91 Å². The van der Waals surface area contributed by atoms with E-state index in [4.69, 9.17) is 4.52 Å². The Labute approximate surface area is 183 Å². The smallest absolute Gasteiger partial charge is 0.251 e. The third-order valence-corrected chi connectivity index (χ3v) is 4.25. The number of hydrogen-bond donors (Lipinski definition) is 3. The molecule has 0 saturated carbocycles. The molecule has 0 aliphatic rings. The number of nitrogens with one attached hydrogen (secondary N) is 3. The Morgan fingerprint density at radius 2 is 1.89 bits per heavy atom. The maximum atomic E-state index is 12.1. The second-order valence-corrected chi connectivity index (χ2v) is 6.22. The Kier molecular flexibility index (Phi) is 10.6. The molecule has 1 amide bonds. The maximum absolute atomic E-state index is 12.1. The SMILES string of the molecule is CCc1noc(CC)c1CNC(=NC)NCCNC(=O)c1cccc(C)c1.I. The van der Waals surface area contributed by atoms with Gasteiger partial charge in [-0.3, -0.25) is 9.79 Å². The minimum absolute atomic E-state index is 0. The van der Waals surface area contributed by atoms with Crippen LogP contribution in [0.5, 0.6) is 0 Å². The number of aromatic nitrogens is 1. The van der Waals surface area contributed by atoms with Crippen molar-refractivity contribution < 1.29 is 9.32 Å². The summed E-state index contributed by atoms with van der Waals surface area (Å²) in [6.07, 6.45) is 1.64. The molecule has 0 aliphatic carbocycles. The Balaban J connectivity index is 0.00000392. The van der Waals surface area contributed by atoms with Crippen molar-refractivity contribution in [2.45, 2.75) is 40.2 Å². The first-order chi connectivity index (χ1) is 13.1. The molecule has 3 N–H and O–H groups in total. The summed E-state index contributed by atoms with van der Waals surface area (Å²) in [5.74, 6) is 1.50. The molecule has 0 bridgehead atoms. The normalized spacial score (nSPS) is 10.9. The number of halogens is 1. The summed E-state index contributed by atoms with van der Waals surface area (Å²) < 4.78 is 5.38. The van der Waals surface area contributed by atoms with Gasteiger partial charge in [0.2, 0.25) is 0 Å². The van der Waals surface area contributed by atoms with Crippen LogP contribution in [0, 0.1) is 6.92 Å². The van der Waals surface area contributed by atoms with Gasteiger partial charge in [-0.15, -0.1) is 24.0 Å². The van der Waals surface area contributed by atoms with Gasteiger partial charge < -0.3 is 20.5 Å². The van der Waals surface area contributed by atoms with Gasteiger partial charge in [0.05, 0.1) is 5.69 Å². The van der Waals surface area contributed by atoms with Crippen molar-refractivity contribution in [1.82, 2.24) is 21.1 Å². The lowest BCUT2D eigenvalue weighted by Gasteiger charge is -2.13. The van der Waals surface area contributed by atoms with Crippen molar-refractivity contribution in [3.05, 3.63) is 52.4 Å². The van der Waals surface area contributed by atoms with Crippen LogP contribution in [0.4, 0.5) is 0 Å². The van der Waals surface area contributed by atoms with Crippen molar-refractivity contribution in [3.63, 3.8) is 0 Å². The lowest BCUT2D eigenvalue weighted by molar-refractivity contribution is 0.0954. The second kappa shape index (κ2) is 12.4. The molecule has 1 heterocycles. The summed E-state index contributed by atoms with van der Waals surface area (Å²) in [5, 5.41) is 13.5. The van der Waals surface area contributed by atoms with Gasteiger partial charge in [0.1, 0.15) is 5.76 Å². The summed E-state index contributed by atoms with van der Waals surface area (Å²) in [7, 11) is 1.72. The number of rotatable bonds is 8. The third kappa shape index (κ3) is 6.81. The average Bonchev–Trinajstić information content (AvgIpc) is 3.09. The Hall–Kier alpha value is -2.10. The number of benzene rings is 1. The molecule has 0 spiro atoms. The van der Waals surface area contributed by atoms with E-state index in [1.54, 1.807) is 7.05 Å². The Bertz CT molecular complexity index is 767. The lowest BCUT2D eigenvalue weighted by Crippen LogP contribution is -2.41. The van der Waals surface area contributed by atoms with Gasteiger partial charge in [-0.25, -0.2) is 0 Å². The highest BCUT2D eigenvalue weighted by Gasteiger charge is 2.13. The monoisotopic (exact) mass is 499 g/mol. The van der Waals surface area contributed by atoms with Gasteiger partial charge in [-0.05, 0) is 25.5 Å². The van der Waals surface area contributed by atoms with Crippen LogP contribution in [0.25, 0.3) is 0 Å². The topological polar surface area (TPSA) is 91.6 Å². The predicted molar refractivity (Wildman–Crippen MR) is 122 cm³/mol. The molecule has 2 rings (SSSR count). The standard InChI is InChI=1S/C20H29N5O2.HI/c1-5-17-16(18(6-2)27-25-17)13-24-20(21-4)23-11-10-22-19(26)15-9-7-8-14(3)12-15;/h7-9,12H,5-6,10-11,13H2,1-4H3,(H,22,26)(H2,21,23,24);1H. The van der Waals surface area contributed by atoms with Crippen LogP contribution < -0.4 is 16.0 Å². The first kappa shape index (κ1) is 23.9. The number of carbonyl (C=O) groups excluding carboxylic acids is 1. The van der Waals surface area contributed by atoms with Crippen LogP contribution in [-0.4, -0.2) is 37.2 Å². The zero-order valence-corrected chi connectivity index (χ0v) is 19.3. The highest BCUT2D eigenvalue weighted by molar-refractivity contribution is 14.0. The molecule has 0 atom stereocenters. The van der Waals surface area contributed by atoms with Gasteiger partial charge in [0.15, 0.2) is 5.96 Å². The molecule has 0 aliphatic heterocycles. The summed E-state index contributed by atoms with van der Waals surface area (Å²) in [6, 6.07) is 7.54. The molecule has 0 unspecified atom stereocenters. The highest BCUT2D eigenvalue weighted by atomic mass is 127. The first-order valence-electron chi connectivity index (χ1n) is 9.34. The number of aliphatic imine (C=N–C) groups is 1. The third-order valence-electron chi connectivity index (χ3n) is 4.25. The first-order valence-corrected chi connectivity index (χ1v) is 9.34. The quantitative estimate of drug-likeness (QED) is 0.225. The van der Waals surface area contributed by atoms with E-state index < -0.39 is 0 Å². The van der Waals surface area contributed by atoms with E-state index in [-0.39, 0.29) is 29.9 Å². The van der Waals surface area contributed by atoms with Crippen LogP contribution in [0.15, 0.2) is 33.8 Å². The summed E-state index contributed by atoms with van der Waals surface area (Å²) in [4.78, 5) is 16.3. The van der Waals surface area contributed by atoms with Crippen molar-refractivity contribution in [1.29, 1.82) is 0 Å². The molecule has 0 radical (unpaired) electrons. The van der Waals surface area contributed by atoms with E-state index >= 15 is 0 Å². The van der Waals surface area contributed by atoms with E-state index in [1.807, 2.05) is 38.1 Å². The summed E-state index contributed by atoms with van der Waals surface area (Å²) in [6.45, 7) is 7.75. The summed E-state index contributed by atoms with van der Waals surface area (Å²) >= 11 is 0. The molecule has 28 heavy (non-hydrogen) atoms. The highest BCUT2D eigenvalue weighted by Crippen LogP contribution is 2.15. The Morgan fingerprint density at radius 1 is 1.14 bits per heavy atom. The van der Waals surface area contributed by atoms with Gasteiger partial charge in [-0.1, -0.05) is 36.7 Å². The van der Waals surface area contributed by atoms with Gasteiger partial charge >= 0.3 is 0 Å². The van der Waals surface area contributed by atoms with Crippen molar-refractivity contribution in [2.75, 3.05) is 20.1 Å². The molecule has 0 fully saturated rings. The van der Waals surface area contributed by atoms with Crippen molar-refractivity contribution in [3.8, 4) is 0 Å². The summed E-state index contributed by atoms with van der Waals surface area (Å²) in [5.41, 5.74) is 3.80. The van der Waals surface area contributed by atoms with E-state index in [9.17, 15) is 4.79 Å². The number of guanidine groups is 1. The number of hydrogen-bond acceptors (Lipinski definition) is 4. The lowest BCUT2D eigenvalue weighted by atomic mass is 10.1. The molecular formula is C20H30IN5O2. The van der Waals surface area contributed by atoms with E-state index in [1.165, 1.54) is 0 Å². The van der Waals surface area contributed by atoms with Crippen LogP contribution in [-0.2, 0) is 19.4 Å². The number of carbonyl (C=O) groups is 1.